The van der Waals surface area contributed by atoms with Gasteiger partial charge < -0.3 is 5.32 Å². The Morgan fingerprint density at radius 1 is 0.793 bits per heavy atom. The first-order valence-corrected chi connectivity index (χ1v) is 9.65. The summed E-state index contributed by atoms with van der Waals surface area (Å²) in [6, 6.07) is 26.0. The van der Waals surface area contributed by atoms with Crippen molar-refractivity contribution >= 4 is 23.5 Å². The van der Waals surface area contributed by atoms with Crippen molar-refractivity contribution in [1.82, 2.24) is 16.0 Å². The van der Waals surface area contributed by atoms with Gasteiger partial charge in [-0.2, -0.15) is 0 Å². The van der Waals surface area contributed by atoms with Gasteiger partial charge in [0.15, 0.2) is 0 Å². The lowest BCUT2D eigenvalue weighted by Crippen LogP contribution is -2.43. The Hall–Kier alpha value is -3.15. The number of carbonyl (C=O) groups is 2. The van der Waals surface area contributed by atoms with Crippen LogP contribution in [0.5, 0.6) is 0 Å². The molecule has 0 saturated carbocycles. The zero-order valence-corrected chi connectivity index (χ0v) is 16.5. The number of urea groups is 1. The van der Waals surface area contributed by atoms with E-state index in [-0.39, 0.29) is 12.6 Å². The number of hydrogen-bond donors (Lipinski definition) is 3. The van der Waals surface area contributed by atoms with Gasteiger partial charge in [0.1, 0.15) is 0 Å². The molecule has 3 aromatic rings. The maximum atomic E-state index is 12.2. The summed E-state index contributed by atoms with van der Waals surface area (Å²) in [6.45, 7) is 0.339. The first kappa shape index (κ1) is 20.6. The number of imide groups is 1. The van der Waals surface area contributed by atoms with Gasteiger partial charge in [-0.25, -0.2) is 4.79 Å². The van der Waals surface area contributed by atoms with Gasteiger partial charge in [-0.1, -0.05) is 84.4 Å². The Bertz CT molecular complexity index is 931. The fourth-order valence-electron chi connectivity index (χ4n) is 2.92. The molecule has 3 N–H and O–H groups in total. The van der Waals surface area contributed by atoms with Gasteiger partial charge >= 0.3 is 6.03 Å². The standard InChI is InChI=1S/C23H22ClN3O2/c24-20-13-11-19(12-14-20)22(18-9-5-2-6-10-18)25-16-21(28)27-23(29)26-15-17-7-3-1-4-8-17/h1-14,22,25H,15-16H2,(H2,26,27,28,29)/t22-/m0/s1. The highest BCUT2D eigenvalue weighted by atomic mass is 35.5. The lowest BCUT2D eigenvalue weighted by molar-refractivity contribution is -0.119. The van der Waals surface area contributed by atoms with Crippen molar-refractivity contribution in [1.29, 1.82) is 0 Å². The zero-order chi connectivity index (χ0) is 20.5. The van der Waals surface area contributed by atoms with Gasteiger partial charge in [0.05, 0.1) is 12.6 Å². The average molecular weight is 408 g/mol. The topological polar surface area (TPSA) is 70.2 Å². The monoisotopic (exact) mass is 407 g/mol. The number of amides is 3. The average Bonchev–Trinajstić information content (AvgIpc) is 2.75. The van der Waals surface area contributed by atoms with Crippen molar-refractivity contribution in [3.05, 3.63) is 107 Å². The summed E-state index contributed by atoms with van der Waals surface area (Å²) in [5, 5.41) is 8.88. The quantitative estimate of drug-likeness (QED) is 0.553. The molecule has 0 radical (unpaired) electrons. The minimum absolute atomic E-state index is 0.0130. The van der Waals surface area contributed by atoms with Crippen LogP contribution in [0.2, 0.25) is 5.02 Å². The molecular weight excluding hydrogens is 386 g/mol. The molecule has 0 heterocycles. The molecule has 3 rings (SSSR count). The normalized spacial score (nSPS) is 11.5. The van der Waals surface area contributed by atoms with E-state index < -0.39 is 11.9 Å². The molecule has 0 aliphatic carbocycles. The molecule has 0 saturated heterocycles. The second-order valence-corrected chi connectivity index (χ2v) is 6.93. The molecule has 29 heavy (non-hydrogen) atoms. The van der Waals surface area contributed by atoms with E-state index in [0.717, 1.165) is 16.7 Å². The third kappa shape index (κ3) is 6.45. The number of nitrogens with one attached hydrogen (secondary N) is 3. The van der Waals surface area contributed by atoms with E-state index in [4.69, 9.17) is 11.6 Å². The summed E-state index contributed by atoms with van der Waals surface area (Å²) in [4.78, 5) is 24.2. The minimum Gasteiger partial charge on any atom is -0.334 e. The largest absolute Gasteiger partial charge is 0.334 e. The van der Waals surface area contributed by atoms with Crippen LogP contribution in [0.15, 0.2) is 84.9 Å². The predicted octanol–water partition coefficient (Wildman–Crippen LogP) is 4.05. The molecule has 6 heteroatoms. The minimum atomic E-state index is -0.525. The van der Waals surface area contributed by atoms with Gasteiger partial charge in [0.2, 0.25) is 5.91 Å². The fourth-order valence-corrected chi connectivity index (χ4v) is 3.04. The molecule has 1 atom stereocenters. The Balaban J connectivity index is 1.56. The summed E-state index contributed by atoms with van der Waals surface area (Å²) in [6.07, 6.45) is 0. The highest BCUT2D eigenvalue weighted by Crippen LogP contribution is 2.23. The Morgan fingerprint density at radius 3 is 2.03 bits per heavy atom. The van der Waals surface area contributed by atoms with Crippen LogP contribution in [0.4, 0.5) is 4.79 Å². The van der Waals surface area contributed by atoms with Crippen LogP contribution in [-0.2, 0) is 11.3 Å². The van der Waals surface area contributed by atoms with Gasteiger partial charge in [0.25, 0.3) is 0 Å². The van der Waals surface area contributed by atoms with Gasteiger partial charge in [-0.05, 0) is 28.8 Å². The first-order chi connectivity index (χ1) is 14.1. The van der Waals surface area contributed by atoms with E-state index in [1.807, 2.05) is 84.9 Å². The molecule has 5 nitrogen and oxygen atoms in total. The molecule has 148 valence electrons. The van der Waals surface area contributed by atoms with E-state index >= 15 is 0 Å². The number of rotatable bonds is 7. The number of benzene rings is 3. The van der Waals surface area contributed by atoms with Crippen molar-refractivity contribution < 1.29 is 9.59 Å². The molecule has 0 spiro atoms. The maximum Gasteiger partial charge on any atom is 0.321 e. The number of hydrogen-bond acceptors (Lipinski definition) is 3. The van der Waals surface area contributed by atoms with Crippen LogP contribution >= 0.6 is 11.6 Å². The molecule has 0 bridgehead atoms. The van der Waals surface area contributed by atoms with Crippen molar-refractivity contribution in [2.45, 2.75) is 12.6 Å². The molecule has 0 aliphatic heterocycles. The van der Waals surface area contributed by atoms with E-state index in [1.165, 1.54) is 0 Å². The van der Waals surface area contributed by atoms with Crippen molar-refractivity contribution in [2.75, 3.05) is 6.54 Å². The summed E-state index contributed by atoms with van der Waals surface area (Å²) < 4.78 is 0. The lowest BCUT2D eigenvalue weighted by Gasteiger charge is -2.20. The third-order valence-electron chi connectivity index (χ3n) is 4.35. The molecule has 0 aliphatic rings. The van der Waals surface area contributed by atoms with Crippen LogP contribution in [0.1, 0.15) is 22.7 Å². The summed E-state index contributed by atoms with van der Waals surface area (Å²) in [5.74, 6) is -0.412. The SMILES string of the molecule is O=C(CN[C@@H](c1ccccc1)c1ccc(Cl)cc1)NC(=O)NCc1ccccc1. The molecule has 0 fully saturated rings. The first-order valence-electron chi connectivity index (χ1n) is 9.27. The van der Waals surface area contributed by atoms with E-state index in [2.05, 4.69) is 16.0 Å². The Kier molecular flexibility index (Phi) is 7.39. The highest BCUT2D eigenvalue weighted by Gasteiger charge is 2.16. The van der Waals surface area contributed by atoms with Gasteiger partial charge in [-0.15, -0.1) is 0 Å². The van der Waals surface area contributed by atoms with Crippen molar-refractivity contribution in [2.24, 2.45) is 0 Å². The van der Waals surface area contributed by atoms with Crippen LogP contribution in [0.3, 0.4) is 0 Å². The third-order valence-corrected chi connectivity index (χ3v) is 4.60. The van der Waals surface area contributed by atoms with Crippen LogP contribution in [-0.4, -0.2) is 18.5 Å². The predicted molar refractivity (Wildman–Crippen MR) is 115 cm³/mol. The molecule has 0 unspecified atom stereocenters. The van der Waals surface area contributed by atoms with E-state index in [0.29, 0.717) is 11.6 Å². The maximum absolute atomic E-state index is 12.2. The van der Waals surface area contributed by atoms with Crippen LogP contribution in [0.25, 0.3) is 0 Å². The molecular formula is C23H22ClN3O2. The molecule has 0 aromatic heterocycles. The highest BCUT2D eigenvalue weighted by molar-refractivity contribution is 6.30. The summed E-state index contributed by atoms with van der Waals surface area (Å²) in [7, 11) is 0. The van der Waals surface area contributed by atoms with Gasteiger partial charge in [-0.3, -0.25) is 15.4 Å². The van der Waals surface area contributed by atoms with Crippen molar-refractivity contribution in [3.63, 3.8) is 0 Å². The van der Waals surface area contributed by atoms with E-state index in [9.17, 15) is 9.59 Å². The Morgan fingerprint density at radius 2 is 1.38 bits per heavy atom. The van der Waals surface area contributed by atoms with E-state index in [1.54, 1.807) is 0 Å². The van der Waals surface area contributed by atoms with Crippen LogP contribution in [0, 0.1) is 0 Å². The second kappa shape index (κ2) is 10.4. The van der Waals surface area contributed by atoms with Gasteiger partial charge in [0, 0.05) is 11.6 Å². The zero-order valence-electron chi connectivity index (χ0n) is 15.8. The summed E-state index contributed by atoms with van der Waals surface area (Å²) in [5.41, 5.74) is 2.94. The number of halogens is 1. The number of carbonyl (C=O) groups excluding carboxylic acids is 2. The van der Waals surface area contributed by atoms with Crippen LogP contribution < -0.4 is 16.0 Å². The molecule has 3 amide bonds. The summed E-state index contributed by atoms with van der Waals surface area (Å²) >= 11 is 5.99. The van der Waals surface area contributed by atoms with Crippen molar-refractivity contribution in [3.8, 4) is 0 Å². The fraction of sp³-hybridized carbons (Fsp3) is 0.130. The molecule has 3 aromatic carbocycles. The smallest absolute Gasteiger partial charge is 0.321 e. The second-order valence-electron chi connectivity index (χ2n) is 6.49. The Labute approximate surface area is 175 Å². The lowest BCUT2D eigenvalue weighted by atomic mass is 9.99.